The first-order valence-corrected chi connectivity index (χ1v) is 10.4. The summed E-state index contributed by atoms with van der Waals surface area (Å²) in [5.74, 6) is 1.63. The van der Waals surface area contributed by atoms with Crippen LogP contribution in [-0.4, -0.2) is 42.9 Å². The minimum Gasteiger partial charge on any atom is -0.486 e. The molecule has 2 aliphatic rings. The van der Waals surface area contributed by atoms with Crippen molar-refractivity contribution < 1.29 is 19.1 Å². The number of thiophene rings is 1. The van der Waals surface area contributed by atoms with Crippen molar-refractivity contribution in [3.8, 4) is 11.5 Å². The fourth-order valence-corrected chi connectivity index (χ4v) is 4.37. The largest absolute Gasteiger partial charge is 0.486 e. The molecule has 0 N–H and O–H groups in total. The molecule has 2 aliphatic heterocycles. The second-order valence-electron chi connectivity index (χ2n) is 7.01. The Bertz CT molecular complexity index is 810. The molecule has 27 heavy (non-hydrogen) atoms. The van der Waals surface area contributed by atoms with E-state index in [-0.39, 0.29) is 17.6 Å². The van der Waals surface area contributed by atoms with Gasteiger partial charge in [0.2, 0.25) is 5.91 Å². The third-order valence-corrected chi connectivity index (χ3v) is 5.98. The number of rotatable bonds is 5. The van der Waals surface area contributed by atoms with E-state index in [0.29, 0.717) is 49.8 Å². The molecular formula is C21H23NO4S. The van der Waals surface area contributed by atoms with Crippen LogP contribution < -0.4 is 9.47 Å². The average Bonchev–Trinajstić information content (AvgIpc) is 3.25. The van der Waals surface area contributed by atoms with Gasteiger partial charge in [0.05, 0.1) is 0 Å². The van der Waals surface area contributed by atoms with Gasteiger partial charge in [0, 0.05) is 31.0 Å². The Balaban J connectivity index is 1.30. The molecule has 0 atom stereocenters. The van der Waals surface area contributed by atoms with Crippen LogP contribution in [0.15, 0.2) is 35.0 Å². The number of ketones is 1. The van der Waals surface area contributed by atoms with Gasteiger partial charge in [0.1, 0.15) is 13.2 Å². The number of fused-ring (bicyclic) bond motifs is 1. The smallest absolute Gasteiger partial charge is 0.222 e. The second-order valence-corrected chi connectivity index (χ2v) is 7.79. The van der Waals surface area contributed by atoms with E-state index in [0.717, 1.165) is 19.3 Å². The first-order valence-electron chi connectivity index (χ1n) is 9.43. The standard InChI is InChI=1S/C21H23NO4S/c23-20(4-1-15-7-12-27-14-15)22-8-5-16(6-9-22)21(24)17-2-3-18-19(13-17)26-11-10-25-18/h2-3,7,12-14,16H,1,4-6,8-11H2. The van der Waals surface area contributed by atoms with Crippen LogP contribution in [0.4, 0.5) is 0 Å². The van der Waals surface area contributed by atoms with Crippen LogP contribution in [0, 0.1) is 5.92 Å². The van der Waals surface area contributed by atoms with E-state index in [1.54, 1.807) is 17.4 Å². The Kier molecular flexibility index (Phi) is 5.43. The molecule has 0 spiro atoms. The molecule has 1 aromatic carbocycles. The number of likely N-dealkylation sites (tertiary alicyclic amines) is 1. The van der Waals surface area contributed by atoms with E-state index in [1.807, 2.05) is 22.4 Å². The van der Waals surface area contributed by atoms with Gasteiger partial charge in [0.15, 0.2) is 17.3 Å². The van der Waals surface area contributed by atoms with E-state index in [1.165, 1.54) is 5.56 Å². The molecule has 142 valence electrons. The lowest BCUT2D eigenvalue weighted by molar-refractivity contribution is -0.132. The maximum atomic E-state index is 12.8. The van der Waals surface area contributed by atoms with E-state index in [2.05, 4.69) is 11.4 Å². The molecule has 1 amide bonds. The van der Waals surface area contributed by atoms with Crippen molar-refractivity contribution in [2.45, 2.75) is 25.7 Å². The zero-order valence-corrected chi connectivity index (χ0v) is 16.0. The molecule has 0 bridgehead atoms. The van der Waals surface area contributed by atoms with Gasteiger partial charge in [-0.1, -0.05) is 0 Å². The fraction of sp³-hybridized carbons (Fsp3) is 0.429. The Labute approximate surface area is 162 Å². The van der Waals surface area contributed by atoms with Crippen LogP contribution in [0.1, 0.15) is 35.2 Å². The van der Waals surface area contributed by atoms with Gasteiger partial charge in [-0.25, -0.2) is 0 Å². The Morgan fingerprint density at radius 3 is 2.59 bits per heavy atom. The summed E-state index contributed by atoms with van der Waals surface area (Å²) in [7, 11) is 0. The van der Waals surface area contributed by atoms with Gasteiger partial charge in [-0.05, 0) is 59.9 Å². The normalized spacial score (nSPS) is 17.0. The second kappa shape index (κ2) is 8.13. The molecule has 1 saturated heterocycles. The number of hydrogen-bond acceptors (Lipinski definition) is 5. The molecule has 0 aliphatic carbocycles. The van der Waals surface area contributed by atoms with Gasteiger partial charge in [0.25, 0.3) is 0 Å². The third kappa shape index (κ3) is 4.16. The maximum absolute atomic E-state index is 12.8. The Morgan fingerprint density at radius 2 is 1.85 bits per heavy atom. The first-order chi connectivity index (χ1) is 13.2. The quantitative estimate of drug-likeness (QED) is 0.739. The van der Waals surface area contributed by atoms with Crippen LogP contribution in [0.25, 0.3) is 0 Å². The third-order valence-electron chi connectivity index (χ3n) is 5.25. The molecule has 0 radical (unpaired) electrons. The van der Waals surface area contributed by atoms with Crippen LogP contribution in [0.2, 0.25) is 0 Å². The minimum absolute atomic E-state index is 0.0338. The topological polar surface area (TPSA) is 55.8 Å². The molecular weight excluding hydrogens is 362 g/mol. The fourth-order valence-electron chi connectivity index (χ4n) is 3.67. The van der Waals surface area contributed by atoms with Gasteiger partial charge in [-0.15, -0.1) is 0 Å². The van der Waals surface area contributed by atoms with E-state index in [9.17, 15) is 9.59 Å². The number of ether oxygens (including phenoxy) is 2. The highest BCUT2D eigenvalue weighted by Gasteiger charge is 2.28. The van der Waals surface area contributed by atoms with Gasteiger partial charge >= 0.3 is 0 Å². The first kappa shape index (κ1) is 18.0. The lowest BCUT2D eigenvalue weighted by Crippen LogP contribution is -2.40. The van der Waals surface area contributed by atoms with Gasteiger partial charge in [-0.3, -0.25) is 9.59 Å². The van der Waals surface area contributed by atoms with Crippen LogP contribution in [0.3, 0.4) is 0 Å². The highest BCUT2D eigenvalue weighted by atomic mass is 32.1. The van der Waals surface area contributed by atoms with Crippen molar-refractivity contribution in [1.29, 1.82) is 0 Å². The summed E-state index contributed by atoms with van der Waals surface area (Å²) in [6.45, 7) is 2.36. The summed E-state index contributed by atoms with van der Waals surface area (Å²) >= 11 is 1.66. The van der Waals surface area contributed by atoms with E-state index < -0.39 is 0 Å². The number of nitrogens with zero attached hydrogens (tertiary/aromatic N) is 1. The van der Waals surface area contributed by atoms with Crippen LogP contribution >= 0.6 is 11.3 Å². The summed E-state index contributed by atoms with van der Waals surface area (Å²) in [6, 6.07) is 7.48. The predicted molar refractivity (Wildman–Crippen MR) is 104 cm³/mol. The van der Waals surface area contributed by atoms with Crippen molar-refractivity contribution >= 4 is 23.0 Å². The average molecular weight is 385 g/mol. The zero-order chi connectivity index (χ0) is 18.6. The maximum Gasteiger partial charge on any atom is 0.222 e. The number of amides is 1. The van der Waals surface area contributed by atoms with Crippen molar-refractivity contribution in [3.05, 3.63) is 46.2 Å². The molecule has 0 saturated carbocycles. The lowest BCUT2D eigenvalue weighted by atomic mass is 9.88. The van der Waals surface area contributed by atoms with Crippen LogP contribution in [-0.2, 0) is 11.2 Å². The monoisotopic (exact) mass is 385 g/mol. The van der Waals surface area contributed by atoms with Gasteiger partial charge < -0.3 is 14.4 Å². The molecule has 1 fully saturated rings. The van der Waals surface area contributed by atoms with Crippen LogP contribution in [0.5, 0.6) is 11.5 Å². The number of carbonyl (C=O) groups is 2. The van der Waals surface area contributed by atoms with Gasteiger partial charge in [-0.2, -0.15) is 11.3 Å². The Hall–Kier alpha value is -2.34. The zero-order valence-electron chi connectivity index (χ0n) is 15.2. The molecule has 4 rings (SSSR count). The molecule has 0 unspecified atom stereocenters. The highest BCUT2D eigenvalue weighted by Crippen LogP contribution is 2.32. The molecule has 6 heteroatoms. The molecule has 5 nitrogen and oxygen atoms in total. The number of benzene rings is 1. The summed E-state index contributed by atoms with van der Waals surface area (Å²) in [6.07, 6.45) is 2.77. The molecule has 1 aromatic heterocycles. The number of piperidine rings is 1. The number of aryl methyl sites for hydroxylation is 1. The Morgan fingerprint density at radius 1 is 1.07 bits per heavy atom. The van der Waals surface area contributed by atoms with Crippen molar-refractivity contribution in [3.63, 3.8) is 0 Å². The van der Waals surface area contributed by atoms with E-state index >= 15 is 0 Å². The number of Topliss-reactive ketones (excluding diaryl/α,β-unsaturated/α-hetero) is 1. The summed E-state index contributed by atoms with van der Waals surface area (Å²) in [4.78, 5) is 27.2. The molecule has 3 heterocycles. The summed E-state index contributed by atoms with van der Waals surface area (Å²) in [5.41, 5.74) is 1.89. The predicted octanol–water partition coefficient (Wildman–Crippen LogP) is 3.57. The lowest BCUT2D eigenvalue weighted by Gasteiger charge is -2.31. The number of carbonyl (C=O) groups excluding carboxylic acids is 2. The molecule has 2 aromatic rings. The van der Waals surface area contributed by atoms with Crippen molar-refractivity contribution in [1.82, 2.24) is 4.90 Å². The highest BCUT2D eigenvalue weighted by molar-refractivity contribution is 7.07. The summed E-state index contributed by atoms with van der Waals surface area (Å²) < 4.78 is 11.1. The van der Waals surface area contributed by atoms with Crippen molar-refractivity contribution in [2.75, 3.05) is 26.3 Å². The van der Waals surface area contributed by atoms with E-state index in [4.69, 9.17) is 9.47 Å². The summed E-state index contributed by atoms with van der Waals surface area (Å²) in [5, 5.41) is 4.13. The van der Waals surface area contributed by atoms with Crippen molar-refractivity contribution in [2.24, 2.45) is 5.92 Å². The minimum atomic E-state index is -0.0338. The number of hydrogen-bond donors (Lipinski definition) is 0. The SMILES string of the molecule is O=C(c1ccc2c(c1)OCCO2)C1CCN(C(=O)CCc2ccsc2)CC1.